The molecule has 1 unspecified atom stereocenters. The number of benzene rings is 2. The Morgan fingerprint density at radius 3 is 2.55 bits per heavy atom. The zero-order valence-corrected chi connectivity index (χ0v) is 15.8. The molecule has 1 atom stereocenters. The lowest BCUT2D eigenvalue weighted by Gasteiger charge is -2.15. The van der Waals surface area contributed by atoms with Gasteiger partial charge in [-0.15, -0.1) is 0 Å². The van der Waals surface area contributed by atoms with Gasteiger partial charge < -0.3 is 4.98 Å². The summed E-state index contributed by atoms with van der Waals surface area (Å²) in [5.74, 6) is 0. The second kappa shape index (κ2) is 7.48. The first kappa shape index (κ1) is 20.8. The molecule has 0 spiro atoms. The highest BCUT2D eigenvalue weighted by Gasteiger charge is 2.35. The molecule has 0 saturated carbocycles. The molecular formula is C18H16F3N3O4S. The second-order valence-electron chi connectivity index (χ2n) is 6.52. The van der Waals surface area contributed by atoms with Crippen LogP contribution in [0.25, 0.3) is 10.9 Å². The first-order valence-electron chi connectivity index (χ1n) is 8.42. The van der Waals surface area contributed by atoms with Crippen molar-refractivity contribution in [3.63, 3.8) is 0 Å². The summed E-state index contributed by atoms with van der Waals surface area (Å²) in [4.78, 5) is 12.3. The Hall–Kier alpha value is -2.92. The van der Waals surface area contributed by atoms with E-state index in [2.05, 4.69) is 9.71 Å². The standard InChI is InChI=1S/C18H16F3N3O4S/c1-11(8-12-10-22-15-5-3-2-4-14(12)15)23-29(27,28)17-7-6-13(18(19,20)21)9-16(17)24(25)26/h2-7,9-11,22-23H,8H2,1H3. The monoisotopic (exact) mass is 427 g/mol. The van der Waals surface area contributed by atoms with Crippen LogP contribution in [0.1, 0.15) is 18.1 Å². The van der Waals surface area contributed by atoms with Crippen molar-refractivity contribution in [2.24, 2.45) is 0 Å². The summed E-state index contributed by atoms with van der Waals surface area (Å²) in [5, 5.41) is 12.1. The van der Waals surface area contributed by atoms with E-state index >= 15 is 0 Å². The number of nitro groups is 1. The van der Waals surface area contributed by atoms with Crippen molar-refractivity contribution in [1.82, 2.24) is 9.71 Å². The van der Waals surface area contributed by atoms with Crippen LogP contribution < -0.4 is 4.72 Å². The quantitative estimate of drug-likeness (QED) is 0.458. The van der Waals surface area contributed by atoms with E-state index < -0.39 is 43.3 Å². The number of hydrogen-bond donors (Lipinski definition) is 2. The maximum Gasteiger partial charge on any atom is 0.416 e. The molecule has 0 aliphatic carbocycles. The highest BCUT2D eigenvalue weighted by Crippen LogP contribution is 2.34. The Morgan fingerprint density at radius 1 is 1.21 bits per heavy atom. The Labute approximate surface area is 163 Å². The lowest BCUT2D eigenvalue weighted by Crippen LogP contribution is -2.34. The molecule has 0 radical (unpaired) electrons. The van der Waals surface area contributed by atoms with Crippen molar-refractivity contribution in [3.05, 3.63) is 69.9 Å². The van der Waals surface area contributed by atoms with Gasteiger partial charge in [-0.2, -0.15) is 13.2 Å². The Kier molecular flexibility index (Phi) is 5.37. The number of fused-ring (bicyclic) bond motifs is 1. The van der Waals surface area contributed by atoms with E-state index in [9.17, 15) is 31.7 Å². The Morgan fingerprint density at radius 2 is 1.90 bits per heavy atom. The molecule has 0 amide bonds. The van der Waals surface area contributed by atoms with Gasteiger partial charge in [-0.3, -0.25) is 10.1 Å². The van der Waals surface area contributed by atoms with Gasteiger partial charge in [0.15, 0.2) is 4.90 Å². The molecule has 2 aromatic carbocycles. The van der Waals surface area contributed by atoms with Crippen LogP contribution in [0.4, 0.5) is 18.9 Å². The average Bonchev–Trinajstić information content (AvgIpc) is 3.03. The molecular weight excluding hydrogens is 411 g/mol. The average molecular weight is 427 g/mol. The number of nitro benzene ring substituents is 1. The van der Waals surface area contributed by atoms with Crippen LogP contribution in [0, 0.1) is 10.1 Å². The van der Waals surface area contributed by atoms with E-state index in [0.717, 1.165) is 16.5 Å². The number of aromatic amines is 1. The molecule has 2 N–H and O–H groups in total. The fraction of sp³-hybridized carbons (Fsp3) is 0.222. The number of para-hydroxylation sites is 1. The third kappa shape index (κ3) is 4.40. The van der Waals surface area contributed by atoms with Crippen molar-refractivity contribution in [2.45, 2.75) is 30.5 Å². The molecule has 0 fully saturated rings. The third-order valence-corrected chi connectivity index (χ3v) is 5.97. The summed E-state index contributed by atoms with van der Waals surface area (Å²) in [6.07, 6.45) is -2.82. The van der Waals surface area contributed by atoms with E-state index in [1.807, 2.05) is 24.3 Å². The molecule has 154 valence electrons. The number of alkyl halides is 3. The summed E-state index contributed by atoms with van der Waals surface area (Å²) in [6, 6.07) is 8.06. The number of halogens is 3. The van der Waals surface area contributed by atoms with E-state index in [0.29, 0.717) is 12.1 Å². The molecule has 1 heterocycles. The van der Waals surface area contributed by atoms with E-state index in [4.69, 9.17) is 0 Å². The van der Waals surface area contributed by atoms with Gasteiger partial charge in [-0.1, -0.05) is 18.2 Å². The summed E-state index contributed by atoms with van der Waals surface area (Å²) in [7, 11) is -4.42. The molecule has 1 aromatic heterocycles. The van der Waals surface area contributed by atoms with Gasteiger partial charge in [0.1, 0.15) is 0 Å². The van der Waals surface area contributed by atoms with Crippen LogP contribution in [0.3, 0.4) is 0 Å². The number of nitrogens with one attached hydrogen (secondary N) is 2. The number of hydrogen-bond acceptors (Lipinski definition) is 4. The van der Waals surface area contributed by atoms with Crippen LogP contribution in [-0.4, -0.2) is 24.4 Å². The Bertz CT molecular complexity index is 1170. The first-order valence-corrected chi connectivity index (χ1v) is 9.90. The highest BCUT2D eigenvalue weighted by molar-refractivity contribution is 7.89. The zero-order valence-electron chi connectivity index (χ0n) is 15.0. The van der Waals surface area contributed by atoms with Crippen molar-refractivity contribution in [2.75, 3.05) is 0 Å². The smallest absolute Gasteiger partial charge is 0.361 e. The van der Waals surface area contributed by atoms with Crippen LogP contribution >= 0.6 is 0 Å². The van der Waals surface area contributed by atoms with Crippen molar-refractivity contribution < 1.29 is 26.5 Å². The maximum absolute atomic E-state index is 12.8. The molecule has 11 heteroatoms. The number of H-pyrrole nitrogens is 1. The number of nitrogens with zero attached hydrogens (tertiary/aromatic N) is 1. The number of rotatable bonds is 6. The van der Waals surface area contributed by atoms with Gasteiger partial charge in [0.2, 0.25) is 10.0 Å². The highest BCUT2D eigenvalue weighted by atomic mass is 32.2. The molecule has 0 saturated heterocycles. The minimum atomic E-state index is -4.83. The van der Waals surface area contributed by atoms with Crippen LogP contribution in [0.15, 0.2) is 53.6 Å². The lowest BCUT2D eigenvalue weighted by molar-refractivity contribution is -0.388. The maximum atomic E-state index is 12.8. The SMILES string of the molecule is CC(Cc1c[nH]c2ccccc12)NS(=O)(=O)c1ccc(C(F)(F)F)cc1[N+](=O)[O-]. The van der Waals surface area contributed by atoms with Gasteiger partial charge in [-0.05, 0) is 37.1 Å². The van der Waals surface area contributed by atoms with Gasteiger partial charge in [0, 0.05) is 29.2 Å². The van der Waals surface area contributed by atoms with Gasteiger partial charge in [-0.25, -0.2) is 13.1 Å². The predicted molar refractivity (Wildman–Crippen MR) is 99.9 cm³/mol. The minimum Gasteiger partial charge on any atom is -0.361 e. The fourth-order valence-corrected chi connectivity index (χ4v) is 4.46. The van der Waals surface area contributed by atoms with Crippen molar-refractivity contribution in [3.8, 4) is 0 Å². The van der Waals surface area contributed by atoms with E-state index in [1.165, 1.54) is 0 Å². The molecule has 3 rings (SSSR count). The predicted octanol–water partition coefficient (Wildman–Crippen LogP) is 4.00. The van der Waals surface area contributed by atoms with Crippen molar-refractivity contribution in [1.29, 1.82) is 0 Å². The summed E-state index contributed by atoms with van der Waals surface area (Å²) < 4.78 is 66.0. The topological polar surface area (TPSA) is 105 Å². The molecule has 0 aliphatic rings. The number of aromatic nitrogens is 1. The summed E-state index contributed by atoms with van der Waals surface area (Å²) in [6.45, 7) is 1.56. The van der Waals surface area contributed by atoms with Crippen LogP contribution in [-0.2, 0) is 22.6 Å². The zero-order chi connectivity index (χ0) is 21.4. The van der Waals surface area contributed by atoms with Gasteiger partial charge in [0.25, 0.3) is 5.69 Å². The van der Waals surface area contributed by atoms with Crippen LogP contribution in [0.5, 0.6) is 0 Å². The Balaban J connectivity index is 1.88. The molecule has 0 aliphatic heterocycles. The molecule has 3 aromatic rings. The molecule has 29 heavy (non-hydrogen) atoms. The van der Waals surface area contributed by atoms with Gasteiger partial charge in [0.05, 0.1) is 10.5 Å². The van der Waals surface area contributed by atoms with E-state index in [-0.39, 0.29) is 12.5 Å². The van der Waals surface area contributed by atoms with Gasteiger partial charge >= 0.3 is 6.18 Å². The fourth-order valence-electron chi connectivity index (χ4n) is 3.06. The molecule has 7 nitrogen and oxygen atoms in total. The normalized spacial score (nSPS) is 13.5. The molecule has 0 bridgehead atoms. The van der Waals surface area contributed by atoms with E-state index in [1.54, 1.807) is 13.1 Å². The lowest BCUT2D eigenvalue weighted by atomic mass is 10.1. The second-order valence-corrected chi connectivity index (χ2v) is 8.21. The first-order chi connectivity index (χ1) is 13.5. The van der Waals surface area contributed by atoms with Crippen molar-refractivity contribution >= 4 is 26.6 Å². The number of sulfonamides is 1. The summed E-state index contributed by atoms with van der Waals surface area (Å²) >= 11 is 0. The van der Waals surface area contributed by atoms with Crippen LogP contribution in [0.2, 0.25) is 0 Å². The minimum absolute atomic E-state index is 0.221. The largest absolute Gasteiger partial charge is 0.416 e. The summed E-state index contributed by atoms with van der Waals surface area (Å²) in [5.41, 5.74) is -0.727. The third-order valence-electron chi connectivity index (χ3n) is 4.33.